The highest BCUT2D eigenvalue weighted by molar-refractivity contribution is 5.02. The predicted octanol–water partition coefficient (Wildman–Crippen LogP) is 7.90. The molecule has 0 nitrogen and oxygen atoms in total. The van der Waals surface area contributed by atoms with Crippen molar-refractivity contribution < 1.29 is 0 Å². The normalized spacial score (nSPS) is 40.4. The van der Waals surface area contributed by atoms with Crippen molar-refractivity contribution in [3.8, 4) is 0 Å². The third kappa shape index (κ3) is 3.98. The van der Waals surface area contributed by atoms with E-state index in [1.54, 1.807) is 70.6 Å². The molecule has 4 saturated carbocycles. The minimum absolute atomic E-state index is 0.800. The first-order valence-corrected chi connectivity index (χ1v) is 11.2. The van der Waals surface area contributed by atoms with E-state index >= 15 is 0 Å². The van der Waals surface area contributed by atoms with Gasteiger partial charge >= 0.3 is 0 Å². The Hall–Kier alpha value is 0. The summed E-state index contributed by atoms with van der Waals surface area (Å²) in [6.07, 6.45) is 26.2. The summed E-state index contributed by atoms with van der Waals surface area (Å²) in [5.41, 5.74) is 1.61. The monoisotopic (exact) mass is 318 g/mol. The average molecular weight is 319 g/mol. The maximum Gasteiger partial charge on any atom is -0.0269 e. The average Bonchev–Trinajstić information content (AvgIpc) is 2.63. The van der Waals surface area contributed by atoms with E-state index in [0.29, 0.717) is 0 Å². The highest BCUT2D eigenvalue weighted by Crippen LogP contribution is 2.63. The molecule has 4 fully saturated rings. The summed E-state index contributed by atoms with van der Waals surface area (Å²) in [4.78, 5) is 0. The van der Waals surface area contributed by atoms with Gasteiger partial charge in [-0.1, -0.05) is 65.2 Å². The summed E-state index contributed by atoms with van der Waals surface area (Å²) in [7, 11) is 0. The molecule has 0 spiro atoms. The molecule has 0 aliphatic heterocycles. The first kappa shape index (κ1) is 17.8. The fourth-order valence-electron chi connectivity index (χ4n) is 6.57. The van der Waals surface area contributed by atoms with Gasteiger partial charge in [0.15, 0.2) is 0 Å². The molecule has 0 atom stereocenters. The molecule has 0 aromatic heterocycles. The Kier molecular flexibility index (Phi) is 6.13. The lowest BCUT2D eigenvalue weighted by Gasteiger charge is -2.58. The van der Waals surface area contributed by atoms with Crippen molar-refractivity contribution in [1.29, 1.82) is 0 Å². The Morgan fingerprint density at radius 3 is 1.87 bits per heavy atom. The lowest BCUT2D eigenvalue weighted by Crippen LogP contribution is -2.46. The van der Waals surface area contributed by atoms with Crippen LogP contribution in [0.3, 0.4) is 0 Å². The van der Waals surface area contributed by atoms with E-state index in [4.69, 9.17) is 0 Å². The largest absolute Gasteiger partial charge is 0.0654 e. The van der Waals surface area contributed by atoms with Crippen LogP contribution in [0.2, 0.25) is 0 Å². The second kappa shape index (κ2) is 7.92. The number of rotatable bonds is 8. The third-order valence-corrected chi connectivity index (χ3v) is 8.56. The number of unbranched alkanes of at least 4 members (excludes halogenated alkanes) is 4. The molecule has 4 rings (SSSR count). The van der Waals surface area contributed by atoms with Crippen LogP contribution in [0.5, 0.6) is 0 Å². The van der Waals surface area contributed by atoms with E-state index in [0.717, 1.165) is 22.7 Å². The van der Waals surface area contributed by atoms with Crippen molar-refractivity contribution in [3.05, 3.63) is 0 Å². The van der Waals surface area contributed by atoms with Crippen LogP contribution in [0.4, 0.5) is 0 Å². The molecule has 4 aliphatic carbocycles. The van der Waals surface area contributed by atoms with Crippen LogP contribution in [0.1, 0.15) is 123 Å². The molecule has 0 heterocycles. The van der Waals surface area contributed by atoms with Crippen LogP contribution >= 0.6 is 0 Å². The zero-order valence-corrected chi connectivity index (χ0v) is 16.2. The number of hydrogen-bond donors (Lipinski definition) is 0. The number of fused-ring (bicyclic) bond motifs is 3. The van der Waals surface area contributed by atoms with Gasteiger partial charge in [-0.15, -0.1) is 0 Å². The molecule has 0 aromatic carbocycles. The summed E-state index contributed by atoms with van der Waals surface area (Å²) in [5.74, 6) is 2.17. The van der Waals surface area contributed by atoms with E-state index in [9.17, 15) is 0 Å². The van der Waals surface area contributed by atoms with Gasteiger partial charge in [0.05, 0.1) is 0 Å². The smallest absolute Gasteiger partial charge is 0.0269 e. The van der Waals surface area contributed by atoms with Crippen LogP contribution in [-0.2, 0) is 0 Å². The molecule has 0 radical (unpaired) electrons. The zero-order chi connectivity index (χ0) is 16.2. The Morgan fingerprint density at radius 1 is 0.696 bits per heavy atom. The second-order valence-electron chi connectivity index (χ2n) is 9.65. The Bertz CT molecular complexity index is 323. The van der Waals surface area contributed by atoms with Gasteiger partial charge in [0, 0.05) is 0 Å². The summed E-state index contributed by atoms with van der Waals surface area (Å²) in [6, 6.07) is 0. The van der Waals surface area contributed by atoms with Crippen LogP contribution < -0.4 is 0 Å². The molecule has 4 aliphatic rings. The van der Waals surface area contributed by atoms with Crippen molar-refractivity contribution in [1.82, 2.24) is 0 Å². The topological polar surface area (TPSA) is 0 Å². The van der Waals surface area contributed by atoms with Crippen LogP contribution in [0.15, 0.2) is 0 Å². The van der Waals surface area contributed by atoms with E-state index < -0.39 is 0 Å². The van der Waals surface area contributed by atoms with Crippen LogP contribution in [-0.4, -0.2) is 0 Å². The van der Waals surface area contributed by atoms with E-state index in [1.807, 2.05) is 0 Å². The fraction of sp³-hybridized carbons (Fsp3) is 1.00. The van der Waals surface area contributed by atoms with Gasteiger partial charge in [0.25, 0.3) is 0 Å². The van der Waals surface area contributed by atoms with Gasteiger partial charge in [-0.05, 0) is 80.5 Å². The molecule has 2 bridgehead atoms. The maximum absolute atomic E-state index is 2.40. The lowest BCUT2D eigenvalue weighted by molar-refractivity contribution is -0.0653. The molecule has 0 unspecified atom stereocenters. The SMILES string of the molecule is CCCCCCCC12CCC([C@H]3CC[C@H](CC)CC3)(CC1)CC2. The first-order chi connectivity index (χ1) is 11.2. The molecule has 0 N–H and O–H groups in total. The summed E-state index contributed by atoms with van der Waals surface area (Å²) in [5, 5.41) is 0. The van der Waals surface area contributed by atoms with E-state index in [-0.39, 0.29) is 0 Å². The molecule has 134 valence electrons. The van der Waals surface area contributed by atoms with Crippen molar-refractivity contribution in [3.63, 3.8) is 0 Å². The molecule has 0 saturated heterocycles. The quantitative estimate of drug-likeness (QED) is 0.399. The summed E-state index contributed by atoms with van der Waals surface area (Å²) < 4.78 is 0. The van der Waals surface area contributed by atoms with Gasteiger partial charge in [0.2, 0.25) is 0 Å². The van der Waals surface area contributed by atoms with Gasteiger partial charge in [-0.2, -0.15) is 0 Å². The van der Waals surface area contributed by atoms with Crippen LogP contribution in [0.25, 0.3) is 0 Å². The molecular formula is C23H42. The summed E-state index contributed by atoms with van der Waals surface area (Å²) in [6.45, 7) is 4.73. The van der Waals surface area contributed by atoms with Crippen molar-refractivity contribution in [2.45, 2.75) is 123 Å². The van der Waals surface area contributed by atoms with E-state index in [2.05, 4.69) is 13.8 Å². The van der Waals surface area contributed by atoms with Crippen LogP contribution in [0, 0.1) is 22.7 Å². The van der Waals surface area contributed by atoms with Gasteiger partial charge < -0.3 is 0 Å². The Labute approximate surface area is 146 Å². The minimum Gasteiger partial charge on any atom is -0.0654 e. The zero-order valence-electron chi connectivity index (χ0n) is 16.2. The molecular weight excluding hydrogens is 276 g/mol. The molecule has 0 amide bonds. The lowest BCUT2D eigenvalue weighted by atomic mass is 9.47. The predicted molar refractivity (Wildman–Crippen MR) is 102 cm³/mol. The van der Waals surface area contributed by atoms with Crippen molar-refractivity contribution >= 4 is 0 Å². The van der Waals surface area contributed by atoms with E-state index in [1.165, 1.54) is 38.5 Å². The van der Waals surface area contributed by atoms with Gasteiger partial charge in [-0.3, -0.25) is 0 Å². The third-order valence-electron chi connectivity index (χ3n) is 8.56. The highest BCUT2D eigenvalue weighted by Gasteiger charge is 2.51. The molecule has 0 heteroatoms. The minimum atomic E-state index is 0.800. The highest BCUT2D eigenvalue weighted by atomic mass is 14.6. The maximum atomic E-state index is 2.40. The fourth-order valence-corrected chi connectivity index (χ4v) is 6.57. The van der Waals surface area contributed by atoms with Gasteiger partial charge in [-0.25, -0.2) is 0 Å². The molecule has 0 aromatic rings. The second-order valence-corrected chi connectivity index (χ2v) is 9.65. The molecule has 23 heavy (non-hydrogen) atoms. The number of hydrogen-bond acceptors (Lipinski definition) is 0. The summed E-state index contributed by atoms with van der Waals surface area (Å²) >= 11 is 0. The standard InChI is InChI=1S/C23H42/c1-3-5-6-7-8-13-22-14-17-23(18-15-22,19-16-22)21-11-9-20(4-2)10-12-21/h20-21H,3-19H2,1-2H3/t20-,21-,22?,23?. The Balaban J connectivity index is 1.45. The van der Waals surface area contributed by atoms with Gasteiger partial charge in [0.1, 0.15) is 0 Å². The first-order valence-electron chi connectivity index (χ1n) is 11.2. The van der Waals surface area contributed by atoms with Crippen molar-refractivity contribution in [2.24, 2.45) is 22.7 Å². The Morgan fingerprint density at radius 2 is 1.30 bits per heavy atom. The van der Waals surface area contributed by atoms with Crippen molar-refractivity contribution in [2.75, 3.05) is 0 Å².